The maximum atomic E-state index is 14.3. The summed E-state index contributed by atoms with van der Waals surface area (Å²) in [7, 11) is 1.41. The summed E-state index contributed by atoms with van der Waals surface area (Å²) in [5, 5.41) is 5.31. The molecule has 1 aliphatic rings. The zero-order valence-corrected chi connectivity index (χ0v) is 16.9. The minimum atomic E-state index is -0.496. The average molecular weight is 410 g/mol. The lowest BCUT2D eigenvalue weighted by Crippen LogP contribution is -2.41. The van der Waals surface area contributed by atoms with Crippen LogP contribution in [0, 0.1) is 5.82 Å². The molecule has 3 heterocycles. The third-order valence-corrected chi connectivity index (χ3v) is 5.34. The lowest BCUT2D eigenvalue weighted by atomic mass is 10.0. The Morgan fingerprint density at radius 1 is 1.37 bits per heavy atom. The highest BCUT2D eigenvalue weighted by Gasteiger charge is 2.29. The van der Waals surface area contributed by atoms with Crippen molar-refractivity contribution < 1.29 is 13.9 Å². The Kier molecular flexibility index (Phi) is 5.11. The molecule has 0 bridgehead atoms. The first-order valence-electron chi connectivity index (χ1n) is 9.68. The maximum Gasteiger partial charge on any atom is 0.248 e. The van der Waals surface area contributed by atoms with Crippen LogP contribution in [0.3, 0.4) is 0 Å². The van der Waals surface area contributed by atoms with Gasteiger partial charge in [-0.15, -0.1) is 0 Å². The van der Waals surface area contributed by atoms with E-state index in [2.05, 4.69) is 16.5 Å². The molecule has 0 radical (unpaired) electrons. The molecule has 9 heteroatoms. The van der Waals surface area contributed by atoms with Gasteiger partial charge in [0.25, 0.3) is 0 Å². The number of nitrogens with zero attached hydrogens (tertiary/aromatic N) is 5. The van der Waals surface area contributed by atoms with Crippen molar-refractivity contribution in [3.63, 3.8) is 0 Å². The summed E-state index contributed by atoms with van der Waals surface area (Å²) in [6.45, 7) is 6.63. The standard InChI is InChI=1S/C21H23FN6O2/c1-12(2)21(29)27-8-4-5-14(10-27)28-20-17(19(23)24-11-25-20)18(26-28)13-6-7-16(30-3)15(22)9-13/h6-7,9,11,14H,1,4-5,8,10H2,2-3H3,(H2,23,24,25). The second-order valence-corrected chi connectivity index (χ2v) is 7.43. The number of benzene rings is 1. The van der Waals surface area contributed by atoms with Gasteiger partial charge >= 0.3 is 0 Å². The fourth-order valence-corrected chi connectivity index (χ4v) is 3.87. The van der Waals surface area contributed by atoms with Gasteiger partial charge in [-0.05, 0) is 38.0 Å². The zero-order valence-electron chi connectivity index (χ0n) is 16.9. The summed E-state index contributed by atoms with van der Waals surface area (Å²) in [6.07, 6.45) is 3.04. The highest BCUT2D eigenvalue weighted by molar-refractivity contribution is 5.98. The molecule has 2 N–H and O–H groups in total. The molecular formula is C21H23FN6O2. The Labute approximate surface area is 173 Å². The van der Waals surface area contributed by atoms with Gasteiger partial charge in [0.15, 0.2) is 17.2 Å². The molecule has 156 valence electrons. The number of rotatable bonds is 4. The minimum absolute atomic E-state index is 0.0669. The number of piperidine rings is 1. The Morgan fingerprint density at radius 3 is 2.87 bits per heavy atom. The molecule has 2 aromatic heterocycles. The number of carbonyl (C=O) groups excluding carboxylic acids is 1. The van der Waals surface area contributed by atoms with Gasteiger partial charge in [-0.2, -0.15) is 5.10 Å². The number of likely N-dealkylation sites (tertiary alicyclic amines) is 1. The molecule has 8 nitrogen and oxygen atoms in total. The summed E-state index contributed by atoms with van der Waals surface area (Å²) in [6, 6.07) is 4.53. The smallest absolute Gasteiger partial charge is 0.248 e. The van der Waals surface area contributed by atoms with E-state index in [1.54, 1.807) is 28.6 Å². The topological polar surface area (TPSA) is 99.2 Å². The quantitative estimate of drug-likeness (QED) is 0.664. The van der Waals surface area contributed by atoms with Crippen LogP contribution in [0.4, 0.5) is 10.2 Å². The molecule has 0 aliphatic carbocycles. The van der Waals surface area contributed by atoms with E-state index < -0.39 is 5.82 Å². The van der Waals surface area contributed by atoms with Crippen molar-refractivity contribution in [2.45, 2.75) is 25.8 Å². The molecule has 1 unspecified atom stereocenters. The van der Waals surface area contributed by atoms with Crippen LogP contribution < -0.4 is 10.5 Å². The van der Waals surface area contributed by atoms with Gasteiger partial charge in [0, 0.05) is 24.2 Å². The van der Waals surface area contributed by atoms with Crippen molar-refractivity contribution in [3.05, 3.63) is 42.5 Å². The summed E-state index contributed by atoms with van der Waals surface area (Å²) in [5.74, 6) is -0.150. The fourth-order valence-electron chi connectivity index (χ4n) is 3.87. The molecule has 1 saturated heterocycles. The van der Waals surface area contributed by atoms with E-state index in [1.165, 1.54) is 19.5 Å². The first-order chi connectivity index (χ1) is 14.4. The molecule has 1 atom stereocenters. The number of anilines is 1. The van der Waals surface area contributed by atoms with Gasteiger partial charge < -0.3 is 15.4 Å². The number of nitrogen functional groups attached to an aromatic ring is 1. The number of fused-ring (bicyclic) bond motifs is 1. The number of hydrogen-bond donors (Lipinski definition) is 1. The Hall–Kier alpha value is -3.49. The zero-order chi connectivity index (χ0) is 21.4. The lowest BCUT2D eigenvalue weighted by molar-refractivity contribution is -0.128. The summed E-state index contributed by atoms with van der Waals surface area (Å²) < 4.78 is 21.1. The van der Waals surface area contributed by atoms with Crippen LogP contribution in [-0.2, 0) is 4.79 Å². The number of aromatic nitrogens is 4. The van der Waals surface area contributed by atoms with Gasteiger partial charge in [0.1, 0.15) is 17.8 Å². The van der Waals surface area contributed by atoms with Crippen LogP contribution in [0.25, 0.3) is 22.3 Å². The van der Waals surface area contributed by atoms with E-state index in [0.29, 0.717) is 41.0 Å². The van der Waals surface area contributed by atoms with Crippen LogP contribution in [0.2, 0.25) is 0 Å². The molecule has 0 saturated carbocycles. The van der Waals surface area contributed by atoms with Gasteiger partial charge in [0.05, 0.1) is 18.5 Å². The number of hydrogen-bond acceptors (Lipinski definition) is 6. The Bertz CT molecular complexity index is 1140. The number of methoxy groups -OCH3 is 1. The molecule has 1 fully saturated rings. The summed E-state index contributed by atoms with van der Waals surface area (Å²) >= 11 is 0. The SMILES string of the molecule is C=C(C)C(=O)N1CCCC(n2nc(-c3ccc(OC)c(F)c3)c3c(N)ncnc32)C1. The number of carbonyl (C=O) groups is 1. The van der Waals surface area contributed by atoms with E-state index in [0.717, 1.165) is 12.8 Å². The van der Waals surface area contributed by atoms with E-state index in [9.17, 15) is 9.18 Å². The largest absolute Gasteiger partial charge is 0.494 e. The van der Waals surface area contributed by atoms with Gasteiger partial charge in [0.2, 0.25) is 5.91 Å². The number of ether oxygens (including phenoxy) is 1. The van der Waals surface area contributed by atoms with Crippen LogP contribution in [0.1, 0.15) is 25.8 Å². The molecule has 0 spiro atoms. The van der Waals surface area contributed by atoms with Gasteiger partial charge in [-0.3, -0.25) is 4.79 Å². The highest BCUT2D eigenvalue weighted by atomic mass is 19.1. The molecule has 30 heavy (non-hydrogen) atoms. The predicted molar refractivity (Wildman–Crippen MR) is 111 cm³/mol. The van der Waals surface area contributed by atoms with Crippen molar-refractivity contribution in [2.24, 2.45) is 0 Å². The van der Waals surface area contributed by atoms with Gasteiger partial charge in [-0.25, -0.2) is 19.0 Å². The molecule has 1 aliphatic heterocycles. The second kappa shape index (κ2) is 7.74. The van der Waals surface area contributed by atoms with Crippen molar-refractivity contribution in [1.82, 2.24) is 24.6 Å². The number of nitrogens with two attached hydrogens (primary N) is 1. The molecule has 1 aromatic carbocycles. The van der Waals surface area contributed by atoms with E-state index in [4.69, 9.17) is 15.6 Å². The van der Waals surface area contributed by atoms with Crippen molar-refractivity contribution >= 4 is 22.8 Å². The van der Waals surface area contributed by atoms with Crippen molar-refractivity contribution in [3.8, 4) is 17.0 Å². The minimum Gasteiger partial charge on any atom is -0.494 e. The molecule has 1 amide bonds. The van der Waals surface area contributed by atoms with Crippen LogP contribution in [0.15, 0.2) is 36.7 Å². The number of halogens is 1. The molecular weight excluding hydrogens is 387 g/mol. The van der Waals surface area contributed by atoms with Crippen LogP contribution in [0.5, 0.6) is 5.75 Å². The second-order valence-electron chi connectivity index (χ2n) is 7.43. The summed E-state index contributed by atoms with van der Waals surface area (Å²) in [5.41, 5.74) is 8.25. The lowest BCUT2D eigenvalue weighted by Gasteiger charge is -2.33. The molecule has 4 rings (SSSR count). The molecule has 3 aromatic rings. The van der Waals surface area contributed by atoms with E-state index >= 15 is 0 Å². The van der Waals surface area contributed by atoms with Crippen molar-refractivity contribution in [2.75, 3.05) is 25.9 Å². The normalized spacial score (nSPS) is 16.6. The van der Waals surface area contributed by atoms with E-state index in [-0.39, 0.29) is 23.5 Å². The maximum absolute atomic E-state index is 14.3. The third kappa shape index (κ3) is 3.36. The van der Waals surface area contributed by atoms with Crippen LogP contribution >= 0.6 is 0 Å². The Morgan fingerprint density at radius 2 is 2.17 bits per heavy atom. The first kappa shape index (κ1) is 19.8. The average Bonchev–Trinajstić information content (AvgIpc) is 3.14. The van der Waals surface area contributed by atoms with E-state index in [1.807, 2.05) is 0 Å². The predicted octanol–water partition coefficient (Wildman–Crippen LogP) is 2.96. The highest BCUT2D eigenvalue weighted by Crippen LogP contribution is 2.35. The van der Waals surface area contributed by atoms with Gasteiger partial charge in [-0.1, -0.05) is 6.58 Å². The monoisotopic (exact) mass is 410 g/mol. The first-order valence-corrected chi connectivity index (χ1v) is 9.68. The summed E-state index contributed by atoms with van der Waals surface area (Å²) in [4.78, 5) is 22.7. The fraction of sp³-hybridized carbons (Fsp3) is 0.333. The third-order valence-electron chi connectivity index (χ3n) is 5.34. The van der Waals surface area contributed by atoms with Crippen LogP contribution in [-0.4, -0.2) is 50.8 Å². The Balaban J connectivity index is 1.81. The van der Waals surface area contributed by atoms with Crippen molar-refractivity contribution in [1.29, 1.82) is 0 Å². The number of amides is 1.